The van der Waals surface area contributed by atoms with E-state index in [9.17, 15) is 14.7 Å². The Hall–Kier alpha value is -3.47. The van der Waals surface area contributed by atoms with E-state index >= 15 is 0 Å². The Kier molecular flexibility index (Phi) is 9.40. The Bertz CT molecular complexity index is 1190. The molecule has 0 bridgehead atoms. The van der Waals surface area contributed by atoms with Gasteiger partial charge in [0.25, 0.3) is 0 Å². The molecule has 1 aliphatic rings. The van der Waals surface area contributed by atoms with Gasteiger partial charge in [0, 0.05) is 16.3 Å². The van der Waals surface area contributed by atoms with Gasteiger partial charge < -0.3 is 30.0 Å². The molecule has 36 heavy (non-hydrogen) atoms. The molecular formula is C24H26Cl2N4O6. The van der Waals surface area contributed by atoms with Crippen LogP contribution in [0.3, 0.4) is 0 Å². The summed E-state index contributed by atoms with van der Waals surface area (Å²) in [4.78, 5) is 24.4. The molecule has 2 amide bonds. The maximum atomic E-state index is 12.3. The molecule has 2 atom stereocenters. The number of benzene rings is 2. The van der Waals surface area contributed by atoms with Crippen LogP contribution < -0.4 is 25.5 Å². The van der Waals surface area contributed by atoms with Crippen molar-refractivity contribution in [2.75, 3.05) is 20.3 Å². The molecule has 0 aromatic heterocycles. The highest BCUT2D eigenvalue weighted by Gasteiger charge is 2.32. The number of aliphatic hydroxyl groups excluding tert-OH is 1. The first-order valence-electron chi connectivity index (χ1n) is 10.9. The summed E-state index contributed by atoms with van der Waals surface area (Å²) >= 11 is 12.0. The number of rotatable bonds is 10. The molecule has 4 N–H and O–H groups in total. The number of methoxy groups -OCH3 is 1. The Morgan fingerprint density at radius 2 is 2.00 bits per heavy atom. The van der Waals surface area contributed by atoms with Gasteiger partial charge >= 0.3 is 12.0 Å². The second-order valence-electron chi connectivity index (χ2n) is 7.58. The van der Waals surface area contributed by atoms with Crippen molar-refractivity contribution < 1.29 is 28.9 Å². The summed E-state index contributed by atoms with van der Waals surface area (Å²) in [6, 6.07) is 8.73. The molecule has 1 aliphatic heterocycles. The second kappa shape index (κ2) is 12.5. The van der Waals surface area contributed by atoms with Gasteiger partial charge in [-0.05, 0) is 43.7 Å². The normalized spacial score (nSPS) is 16.3. The van der Waals surface area contributed by atoms with Crippen LogP contribution in [0, 0.1) is 0 Å². The van der Waals surface area contributed by atoms with E-state index in [0.29, 0.717) is 45.0 Å². The van der Waals surface area contributed by atoms with Gasteiger partial charge in [0.15, 0.2) is 17.7 Å². The number of hydrogen-bond donors (Lipinski definition) is 4. The number of hydrazone groups is 1. The monoisotopic (exact) mass is 536 g/mol. The molecule has 0 radical (unpaired) electrons. The topological polar surface area (TPSA) is 131 Å². The van der Waals surface area contributed by atoms with Crippen molar-refractivity contribution in [3.8, 4) is 11.5 Å². The lowest BCUT2D eigenvalue weighted by Crippen LogP contribution is -2.45. The molecule has 3 rings (SSSR count). The number of halogens is 2. The molecule has 0 aliphatic carbocycles. The second-order valence-corrected chi connectivity index (χ2v) is 8.42. The minimum absolute atomic E-state index is 0.151. The van der Waals surface area contributed by atoms with Crippen molar-refractivity contribution in [2.24, 2.45) is 5.10 Å². The minimum atomic E-state index is -1.14. The molecule has 10 nitrogen and oxygen atoms in total. The molecule has 0 unspecified atom stereocenters. The summed E-state index contributed by atoms with van der Waals surface area (Å²) in [5.74, 6) is 0.151. The first-order valence-corrected chi connectivity index (χ1v) is 11.7. The van der Waals surface area contributed by atoms with Gasteiger partial charge in [-0.3, -0.25) is 5.43 Å². The average molecular weight is 537 g/mol. The van der Waals surface area contributed by atoms with E-state index < -0.39 is 24.3 Å². The highest BCUT2D eigenvalue weighted by atomic mass is 35.5. The maximum Gasteiger partial charge on any atom is 0.337 e. The molecule has 12 heteroatoms. The van der Waals surface area contributed by atoms with Crippen LogP contribution in [0.4, 0.5) is 4.79 Å². The zero-order valence-corrected chi connectivity index (χ0v) is 21.3. The van der Waals surface area contributed by atoms with E-state index in [2.05, 4.69) is 21.2 Å². The van der Waals surface area contributed by atoms with E-state index in [1.807, 2.05) is 0 Å². The van der Waals surface area contributed by atoms with Crippen molar-refractivity contribution in [3.05, 3.63) is 68.8 Å². The molecule has 2 aromatic carbocycles. The molecular weight excluding hydrogens is 511 g/mol. The smallest absolute Gasteiger partial charge is 0.337 e. The van der Waals surface area contributed by atoms with Crippen LogP contribution in [-0.4, -0.2) is 49.9 Å². The van der Waals surface area contributed by atoms with E-state index in [-0.39, 0.29) is 12.2 Å². The number of carbonyl (C=O) groups is 2. The van der Waals surface area contributed by atoms with E-state index in [1.165, 1.54) is 13.3 Å². The molecule has 0 spiro atoms. The van der Waals surface area contributed by atoms with Crippen LogP contribution in [0.5, 0.6) is 11.5 Å². The number of nitrogens with zero attached hydrogens (tertiary/aromatic N) is 1. The van der Waals surface area contributed by atoms with E-state index in [4.69, 9.17) is 37.4 Å². The fourth-order valence-electron chi connectivity index (χ4n) is 3.42. The summed E-state index contributed by atoms with van der Waals surface area (Å²) in [5.41, 5.74) is 4.42. The van der Waals surface area contributed by atoms with Crippen molar-refractivity contribution in [1.29, 1.82) is 0 Å². The number of hydrogen-bond acceptors (Lipinski definition) is 8. The van der Waals surface area contributed by atoms with Crippen molar-refractivity contribution in [2.45, 2.75) is 26.1 Å². The van der Waals surface area contributed by atoms with Crippen LogP contribution in [-0.2, 0) is 9.53 Å². The lowest BCUT2D eigenvalue weighted by molar-refractivity contribution is -0.136. The molecule has 0 saturated heterocycles. The fourth-order valence-corrected chi connectivity index (χ4v) is 3.88. The van der Waals surface area contributed by atoms with Gasteiger partial charge in [0.2, 0.25) is 0 Å². The summed E-state index contributed by atoms with van der Waals surface area (Å²) in [6.07, 6.45) is 0.311. The number of aliphatic hydroxyl groups is 1. The van der Waals surface area contributed by atoms with Crippen LogP contribution in [0.25, 0.3) is 0 Å². The molecule has 0 fully saturated rings. The first-order chi connectivity index (χ1) is 17.2. The third-order valence-corrected chi connectivity index (χ3v) is 5.62. The quantitative estimate of drug-likeness (QED) is 0.158. The molecule has 0 saturated carbocycles. The van der Waals surface area contributed by atoms with Crippen LogP contribution in [0.15, 0.2) is 52.8 Å². The zero-order valence-electron chi connectivity index (χ0n) is 19.8. The van der Waals surface area contributed by atoms with Gasteiger partial charge in [-0.2, -0.15) is 5.10 Å². The predicted molar refractivity (Wildman–Crippen MR) is 135 cm³/mol. The summed E-state index contributed by atoms with van der Waals surface area (Å²) in [5, 5.41) is 20.4. The van der Waals surface area contributed by atoms with Crippen molar-refractivity contribution in [1.82, 2.24) is 16.1 Å². The molecule has 1 heterocycles. The maximum absolute atomic E-state index is 12.3. The van der Waals surface area contributed by atoms with Crippen molar-refractivity contribution >= 4 is 41.4 Å². The highest BCUT2D eigenvalue weighted by Crippen LogP contribution is 2.34. The van der Waals surface area contributed by atoms with Crippen LogP contribution >= 0.6 is 23.2 Å². The van der Waals surface area contributed by atoms with Crippen molar-refractivity contribution in [3.63, 3.8) is 0 Å². The first kappa shape index (κ1) is 27.1. The summed E-state index contributed by atoms with van der Waals surface area (Å²) in [6.45, 7) is 3.61. The van der Waals surface area contributed by atoms with Gasteiger partial charge in [-0.25, -0.2) is 9.59 Å². The lowest BCUT2D eigenvalue weighted by Gasteiger charge is -2.28. The Morgan fingerprint density at radius 1 is 1.22 bits per heavy atom. The zero-order chi connectivity index (χ0) is 26.2. The number of ether oxygens (including phenoxy) is 3. The average Bonchev–Trinajstić information content (AvgIpc) is 2.84. The third-order valence-electron chi connectivity index (χ3n) is 5.06. The minimum Gasteiger partial charge on any atom is -0.490 e. The van der Waals surface area contributed by atoms with Gasteiger partial charge in [0.05, 0.1) is 36.6 Å². The van der Waals surface area contributed by atoms with Gasteiger partial charge in [0.1, 0.15) is 6.61 Å². The summed E-state index contributed by atoms with van der Waals surface area (Å²) < 4.78 is 16.3. The van der Waals surface area contributed by atoms with E-state index in [0.717, 1.165) is 0 Å². The lowest BCUT2D eigenvalue weighted by atomic mass is 9.95. The van der Waals surface area contributed by atoms with Gasteiger partial charge in [-0.1, -0.05) is 35.3 Å². The Morgan fingerprint density at radius 3 is 2.69 bits per heavy atom. The largest absolute Gasteiger partial charge is 0.490 e. The summed E-state index contributed by atoms with van der Waals surface area (Å²) in [7, 11) is 1.27. The number of urea groups is 1. The predicted octanol–water partition coefficient (Wildman–Crippen LogP) is 3.51. The number of amides is 2. The third kappa shape index (κ3) is 6.81. The van der Waals surface area contributed by atoms with Crippen LogP contribution in [0.2, 0.25) is 10.0 Å². The van der Waals surface area contributed by atoms with Gasteiger partial charge in [-0.15, -0.1) is 0 Å². The Balaban J connectivity index is 1.71. The number of carbonyl (C=O) groups excluding carboxylic acids is 2. The van der Waals surface area contributed by atoms with E-state index in [1.54, 1.807) is 50.2 Å². The number of allylic oxidation sites excluding steroid dienone is 1. The SMILES string of the molecule is CCOc1cc([C@@H]2NC(=O)NC(C)=C2C(=O)OC)ccc1OC[C@H](O)N/N=C\c1ccc(Cl)cc1Cl. The number of esters is 1. The number of nitrogens with one attached hydrogen (secondary N) is 3. The molecule has 192 valence electrons. The molecule has 2 aromatic rings. The Labute approximate surface area is 218 Å². The highest BCUT2D eigenvalue weighted by molar-refractivity contribution is 6.36. The standard InChI is InChI=1S/C24H26Cl2N4O6/c1-4-35-19-9-14(22-21(23(32)34-3)13(2)28-24(33)29-22)6-8-18(19)36-12-20(31)30-27-11-15-5-7-16(25)10-17(15)26/h5-11,20,22,30-31H,4,12H2,1-3H3,(H2,28,29,33)/b27-11-/t20-,22-/m0/s1. The fraction of sp³-hybridized carbons (Fsp3) is 0.292. The van der Waals surface area contributed by atoms with Crippen LogP contribution in [0.1, 0.15) is 31.0 Å².